The van der Waals surface area contributed by atoms with E-state index in [2.05, 4.69) is 4.98 Å². The molecule has 23 heavy (non-hydrogen) atoms. The first kappa shape index (κ1) is 13.6. The average molecular weight is 310 g/mol. The molecule has 1 aliphatic heterocycles. The topological polar surface area (TPSA) is 75.5 Å². The van der Waals surface area contributed by atoms with E-state index in [1.54, 1.807) is 36.3 Å². The standard InChI is InChI=1S/C17H14N2O4/c1-22-12-3-4-13-11(7-12)9-19(16(13)20)8-10-2-5-14-15(6-10)23-17(21)18-14/h2-7H,8-9H2,1H3,(H,18,21). The van der Waals surface area contributed by atoms with Crippen molar-refractivity contribution in [3.63, 3.8) is 0 Å². The molecule has 0 aliphatic carbocycles. The molecule has 0 fully saturated rings. The van der Waals surface area contributed by atoms with E-state index in [4.69, 9.17) is 9.15 Å². The summed E-state index contributed by atoms with van der Waals surface area (Å²) in [6.45, 7) is 1.00. The van der Waals surface area contributed by atoms with Crippen LogP contribution in [0.15, 0.2) is 45.6 Å². The van der Waals surface area contributed by atoms with Gasteiger partial charge in [-0.05, 0) is 41.5 Å². The Morgan fingerprint density at radius 3 is 2.91 bits per heavy atom. The number of methoxy groups -OCH3 is 1. The Balaban J connectivity index is 1.61. The van der Waals surface area contributed by atoms with E-state index in [1.807, 2.05) is 12.1 Å². The van der Waals surface area contributed by atoms with Gasteiger partial charge in [0.2, 0.25) is 0 Å². The summed E-state index contributed by atoms with van der Waals surface area (Å²) < 4.78 is 10.3. The zero-order chi connectivity index (χ0) is 16.0. The van der Waals surface area contributed by atoms with Crippen LogP contribution in [0.2, 0.25) is 0 Å². The van der Waals surface area contributed by atoms with Crippen LogP contribution < -0.4 is 10.5 Å². The third-order valence-corrected chi connectivity index (χ3v) is 4.05. The predicted octanol–water partition coefficient (Wildman–Crippen LogP) is 2.29. The number of ether oxygens (including phenoxy) is 1. The highest BCUT2D eigenvalue weighted by Gasteiger charge is 2.27. The number of oxazole rings is 1. The lowest BCUT2D eigenvalue weighted by atomic mass is 10.1. The summed E-state index contributed by atoms with van der Waals surface area (Å²) >= 11 is 0. The van der Waals surface area contributed by atoms with Crippen LogP contribution in [0.1, 0.15) is 21.5 Å². The van der Waals surface area contributed by atoms with E-state index < -0.39 is 5.76 Å². The Hall–Kier alpha value is -3.02. The summed E-state index contributed by atoms with van der Waals surface area (Å²) in [5.41, 5.74) is 3.73. The van der Waals surface area contributed by atoms with Gasteiger partial charge >= 0.3 is 5.76 Å². The third-order valence-electron chi connectivity index (χ3n) is 4.05. The molecule has 0 bridgehead atoms. The molecule has 0 radical (unpaired) electrons. The molecule has 3 aromatic rings. The highest BCUT2D eigenvalue weighted by Crippen LogP contribution is 2.28. The molecule has 0 atom stereocenters. The first-order valence-electron chi connectivity index (χ1n) is 7.22. The number of hydrogen-bond donors (Lipinski definition) is 1. The van der Waals surface area contributed by atoms with Gasteiger partial charge in [-0.15, -0.1) is 0 Å². The number of amides is 1. The maximum Gasteiger partial charge on any atom is 0.417 e. The zero-order valence-electron chi connectivity index (χ0n) is 12.5. The Morgan fingerprint density at radius 1 is 1.22 bits per heavy atom. The number of fused-ring (bicyclic) bond motifs is 2. The minimum absolute atomic E-state index is 0.00160. The van der Waals surface area contributed by atoms with Crippen LogP contribution in [0.3, 0.4) is 0 Å². The van der Waals surface area contributed by atoms with Gasteiger partial charge in [0.15, 0.2) is 5.58 Å². The number of rotatable bonds is 3. The number of aromatic nitrogens is 1. The number of carbonyl (C=O) groups excluding carboxylic acids is 1. The molecule has 0 saturated carbocycles. The van der Waals surface area contributed by atoms with Crippen LogP contribution in [0.4, 0.5) is 0 Å². The van der Waals surface area contributed by atoms with Gasteiger partial charge in [-0.25, -0.2) is 4.79 Å². The Labute approximate surface area is 131 Å². The third kappa shape index (κ3) is 2.28. The minimum Gasteiger partial charge on any atom is -0.497 e. The van der Waals surface area contributed by atoms with Crippen molar-refractivity contribution < 1.29 is 13.9 Å². The van der Waals surface area contributed by atoms with Crippen molar-refractivity contribution in [1.82, 2.24) is 9.88 Å². The number of nitrogens with zero attached hydrogens (tertiary/aromatic N) is 1. The Bertz CT molecular complexity index is 970. The van der Waals surface area contributed by atoms with E-state index in [-0.39, 0.29) is 5.91 Å². The molecule has 1 amide bonds. The maximum atomic E-state index is 12.5. The lowest BCUT2D eigenvalue weighted by molar-refractivity contribution is 0.0766. The van der Waals surface area contributed by atoms with Gasteiger partial charge in [-0.3, -0.25) is 9.78 Å². The van der Waals surface area contributed by atoms with E-state index in [1.165, 1.54) is 0 Å². The van der Waals surface area contributed by atoms with Crippen molar-refractivity contribution in [2.75, 3.05) is 7.11 Å². The lowest BCUT2D eigenvalue weighted by Crippen LogP contribution is -2.23. The van der Waals surface area contributed by atoms with E-state index >= 15 is 0 Å². The Morgan fingerprint density at radius 2 is 2.09 bits per heavy atom. The molecule has 4 rings (SSSR count). The summed E-state index contributed by atoms with van der Waals surface area (Å²) in [7, 11) is 1.61. The molecule has 1 aliphatic rings. The summed E-state index contributed by atoms with van der Waals surface area (Å²) in [5.74, 6) is 0.265. The molecule has 6 heteroatoms. The smallest absolute Gasteiger partial charge is 0.417 e. The second-order valence-corrected chi connectivity index (χ2v) is 5.53. The summed E-state index contributed by atoms with van der Waals surface area (Å²) in [5, 5.41) is 0. The zero-order valence-corrected chi connectivity index (χ0v) is 12.5. The molecule has 2 heterocycles. The maximum absolute atomic E-state index is 12.5. The molecule has 0 spiro atoms. The van der Waals surface area contributed by atoms with Gasteiger partial charge in [0.05, 0.1) is 12.6 Å². The van der Waals surface area contributed by atoms with Crippen molar-refractivity contribution in [2.45, 2.75) is 13.1 Å². The van der Waals surface area contributed by atoms with Gasteiger partial charge in [0, 0.05) is 18.7 Å². The molecule has 0 unspecified atom stereocenters. The monoisotopic (exact) mass is 310 g/mol. The minimum atomic E-state index is -0.478. The predicted molar refractivity (Wildman–Crippen MR) is 83.4 cm³/mol. The van der Waals surface area contributed by atoms with Crippen molar-refractivity contribution in [3.8, 4) is 5.75 Å². The summed E-state index contributed by atoms with van der Waals surface area (Å²) in [4.78, 5) is 28.0. The molecular formula is C17H14N2O4. The van der Waals surface area contributed by atoms with Crippen LogP contribution >= 0.6 is 0 Å². The quantitative estimate of drug-likeness (QED) is 0.805. The van der Waals surface area contributed by atoms with Crippen molar-refractivity contribution in [3.05, 3.63) is 63.6 Å². The summed E-state index contributed by atoms with van der Waals surface area (Å²) in [6.07, 6.45) is 0. The fraction of sp³-hybridized carbons (Fsp3) is 0.176. The average Bonchev–Trinajstić information content (AvgIpc) is 3.06. The number of benzene rings is 2. The van der Waals surface area contributed by atoms with Crippen LogP contribution in [0, 0.1) is 0 Å². The van der Waals surface area contributed by atoms with E-state index in [0.717, 1.165) is 16.9 Å². The largest absolute Gasteiger partial charge is 0.497 e. The van der Waals surface area contributed by atoms with Crippen LogP contribution in [-0.2, 0) is 13.1 Å². The highest BCUT2D eigenvalue weighted by atomic mass is 16.5. The van der Waals surface area contributed by atoms with E-state index in [0.29, 0.717) is 29.8 Å². The molecule has 116 valence electrons. The number of carbonyl (C=O) groups is 1. The Kier molecular flexibility index (Phi) is 2.97. The molecule has 0 saturated heterocycles. The van der Waals surface area contributed by atoms with Crippen molar-refractivity contribution in [2.24, 2.45) is 0 Å². The second-order valence-electron chi connectivity index (χ2n) is 5.53. The summed E-state index contributed by atoms with van der Waals surface area (Å²) in [6, 6.07) is 10.9. The molecule has 1 aromatic heterocycles. The van der Waals surface area contributed by atoms with Gasteiger partial charge < -0.3 is 14.1 Å². The van der Waals surface area contributed by atoms with Crippen molar-refractivity contribution >= 4 is 17.0 Å². The van der Waals surface area contributed by atoms with Gasteiger partial charge in [-0.1, -0.05) is 6.07 Å². The number of H-pyrrole nitrogens is 1. The van der Waals surface area contributed by atoms with Crippen LogP contribution in [-0.4, -0.2) is 22.9 Å². The highest BCUT2D eigenvalue weighted by molar-refractivity contribution is 5.98. The van der Waals surface area contributed by atoms with Crippen LogP contribution in [0.25, 0.3) is 11.1 Å². The fourth-order valence-electron chi connectivity index (χ4n) is 2.92. The van der Waals surface area contributed by atoms with Crippen molar-refractivity contribution in [1.29, 1.82) is 0 Å². The fourth-order valence-corrected chi connectivity index (χ4v) is 2.92. The number of aromatic amines is 1. The SMILES string of the molecule is COc1ccc2c(c1)CN(Cc1ccc3[nH]c(=O)oc3c1)C2=O. The van der Waals surface area contributed by atoms with E-state index in [9.17, 15) is 9.59 Å². The van der Waals surface area contributed by atoms with Gasteiger partial charge in [-0.2, -0.15) is 0 Å². The van der Waals surface area contributed by atoms with Crippen LogP contribution in [0.5, 0.6) is 5.75 Å². The van der Waals surface area contributed by atoms with Gasteiger partial charge in [0.25, 0.3) is 5.91 Å². The number of hydrogen-bond acceptors (Lipinski definition) is 4. The first-order valence-corrected chi connectivity index (χ1v) is 7.22. The number of nitrogens with one attached hydrogen (secondary N) is 1. The first-order chi connectivity index (χ1) is 11.1. The molecule has 1 N–H and O–H groups in total. The molecule has 2 aromatic carbocycles. The molecular weight excluding hydrogens is 296 g/mol. The molecule has 6 nitrogen and oxygen atoms in total. The normalized spacial score (nSPS) is 13.6. The lowest BCUT2D eigenvalue weighted by Gasteiger charge is -2.15. The second kappa shape index (κ2) is 5.01. The van der Waals surface area contributed by atoms with Gasteiger partial charge in [0.1, 0.15) is 5.75 Å².